The first-order valence-electron chi connectivity index (χ1n) is 7.00. The summed E-state index contributed by atoms with van der Waals surface area (Å²) >= 11 is 0. The predicted molar refractivity (Wildman–Crippen MR) is 78.4 cm³/mol. The first-order valence-corrected chi connectivity index (χ1v) is 7.00. The van der Waals surface area contributed by atoms with Crippen LogP contribution >= 0.6 is 0 Å². The number of carbonyl (C=O) groups excluding carboxylic acids is 1. The van der Waals surface area contributed by atoms with Crippen LogP contribution in [-0.4, -0.2) is 24.3 Å². The van der Waals surface area contributed by atoms with E-state index in [1.165, 1.54) is 0 Å². The molecule has 1 aromatic heterocycles. The number of hydrogen-bond acceptors (Lipinski definition) is 4. The highest BCUT2D eigenvalue weighted by Gasteiger charge is 2.18. The third-order valence-electron chi connectivity index (χ3n) is 2.79. The second-order valence-corrected chi connectivity index (χ2v) is 6.19. The Kier molecular flexibility index (Phi) is 6.07. The van der Waals surface area contributed by atoms with E-state index in [0.717, 1.165) is 5.76 Å². The summed E-state index contributed by atoms with van der Waals surface area (Å²) in [6.07, 6.45) is 1.27. The molecule has 0 radical (unpaired) electrons. The molecule has 5 nitrogen and oxygen atoms in total. The summed E-state index contributed by atoms with van der Waals surface area (Å²) in [5, 5.41) is 6.17. The van der Waals surface area contributed by atoms with Crippen LogP contribution < -0.4 is 10.6 Å². The van der Waals surface area contributed by atoms with E-state index in [0.29, 0.717) is 19.0 Å². The van der Waals surface area contributed by atoms with Crippen LogP contribution in [0.5, 0.6) is 0 Å². The van der Waals surface area contributed by atoms with Gasteiger partial charge in [-0.05, 0) is 38.8 Å². The van der Waals surface area contributed by atoms with E-state index in [9.17, 15) is 4.79 Å². The molecule has 0 aliphatic heterocycles. The van der Waals surface area contributed by atoms with Gasteiger partial charge in [-0.25, -0.2) is 4.79 Å². The van der Waals surface area contributed by atoms with Crippen molar-refractivity contribution in [2.75, 3.05) is 6.54 Å². The maximum absolute atomic E-state index is 11.6. The fourth-order valence-electron chi connectivity index (χ4n) is 1.70. The van der Waals surface area contributed by atoms with Crippen molar-refractivity contribution < 1.29 is 13.9 Å². The van der Waals surface area contributed by atoms with E-state index in [1.807, 2.05) is 32.9 Å². The summed E-state index contributed by atoms with van der Waals surface area (Å²) in [6, 6.07) is 3.94. The van der Waals surface area contributed by atoms with E-state index >= 15 is 0 Å². The van der Waals surface area contributed by atoms with Gasteiger partial charge in [0.15, 0.2) is 0 Å². The molecule has 0 bridgehead atoms. The third-order valence-corrected chi connectivity index (χ3v) is 2.79. The quantitative estimate of drug-likeness (QED) is 0.842. The normalized spacial score (nSPS) is 13.3. The number of rotatable bonds is 6. The Hall–Kier alpha value is -1.49. The molecule has 5 heteroatoms. The summed E-state index contributed by atoms with van der Waals surface area (Å²) < 4.78 is 10.5. The first-order chi connectivity index (χ1) is 9.28. The second-order valence-electron chi connectivity index (χ2n) is 6.19. The number of ether oxygens (including phenoxy) is 1. The molecule has 1 atom stereocenters. The van der Waals surface area contributed by atoms with Gasteiger partial charge in [0.2, 0.25) is 0 Å². The summed E-state index contributed by atoms with van der Waals surface area (Å²) in [5.41, 5.74) is -0.473. The Bertz CT molecular complexity index is 394. The highest BCUT2D eigenvalue weighted by Crippen LogP contribution is 2.08. The lowest BCUT2D eigenvalue weighted by Gasteiger charge is -2.24. The van der Waals surface area contributed by atoms with Crippen LogP contribution in [0.2, 0.25) is 0 Å². The summed E-state index contributed by atoms with van der Waals surface area (Å²) in [4.78, 5) is 11.6. The van der Waals surface area contributed by atoms with Crippen LogP contribution in [0.15, 0.2) is 22.8 Å². The molecule has 114 valence electrons. The third kappa shape index (κ3) is 6.61. The Morgan fingerprint density at radius 2 is 2.10 bits per heavy atom. The molecule has 0 saturated heterocycles. The minimum atomic E-state index is -0.473. The van der Waals surface area contributed by atoms with E-state index in [2.05, 4.69) is 24.5 Å². The van der Waals surface area contributed by atoms with Gasteiger partial charge in [-0.3, -0.25) is 0 Å². The zero-order valence-electron chi connectivity index (χ0n) is 13.0. The number of nitrogens with one attached hydrogen (secondary N) is 2. The van der Waals surface area contributed by atoms with Crippen LogP contribution in [0.3, 0.4) is 0 Å². The van der Waals surface area contributed by atoms with Gasteiger partial charge in [0.05, 0.1) is 12.8 Å². The maximum atomic E-state index is 11.6. The molecule has 1 unspecified atom stereocenters. The van der Waals surface area contributed by atoms with Crippen LogP contribution in [0, 0.1) is 5.92 Å². The Labute approximate surface area is 121 Å². The number of hydrogen-bond donors (Lipinski definition) is 2. The van der Waals surface area contributed by atoms with Crippen LogP contribution in [0.4, 0.5) is 4.79 Å². The Morgan fingerprint density at radius 1 is 1.40 bits per heavy atom. The van der Waals surface area contributed by atoms with E-state index in [1.54, 1.807) is 6.26 Å². The number of alkyl carbamates (subject to hydrolysis) is 1. The fraction of sp³-hybridized carbons (Fsp3) is 0.667. The van der Waals surface area contributed by atoms with Gasteiger partial charge >= 0.3 is 6.09 Å². The molecule has 0 saturated carbocycles. The Balaban J connectivity index is 2.37. The first kappa shape index (κ1) is 16.6. The van der Waals surface area contributed by atoms with E-state index in [4.69, 9.17) is 9.15 Å². The monoisotopic (exact) mass is 282 g/mol. The van der Waals surface area contributed by atoms with Crippen molar-refractivity contribution in [2.24, 2.45) is 5.92 Å². The van der Waals surface area contributed by atoms with Crippen molar-refractivity contribution in [1.82, 2.24) is 10.6 Å². The molecule has 0 aliphatic rings. The lowest BCUT2D eigenvalue weighted by atomic mass is 10.0. The van der Waals surface area contributed by atoms with Crippen LogP contribution in [0.25, 0.3) is 0 Å². The highest BCUT2D eigenvalue weighted by atomic mass is 16.6. The number of carbonyl (C=O) groups is 1. The topological polar surface area (TPSA) is 63.5 Å². The largest absolute Gasteiger partial charge is 0.468 e. The van der Waals surface area contributed by atoms with Crippen molar-refractivity contribution in [1.29, 1.82) is 0 Å². The zero-order chi connectivity index (χ0) is 15.2. The lowest BCUT2D eigenvalue weighted by Crippen LogP contribution is -2.45. The van der Waals surface area contributed by atoms with Gasteiger partial charge in [0.25, 0.3) is 0 Å². The van der Waals surface area contributed by atoms with Crippen molar-refractivity contribution in [3.8, 4) is 0 Å². The molecule has 1 amide bonds. The molecule has 0 aliphatic carbocycles. The molecular weight excluding hydrogens is 256 g/mol. The highest BCUT2D eigenvalue weighted by molar-refractivity contribution is 5.67. The van der Waals surface area contributed by atoms with E-state index < -0.39 is 5.60 Å². The molecule has 2 N–H and O–H groups in total. The molecule has 1 heterocycles. The summed E-state index contributed by atoms with van der Waals surface area (Å²) in [6.45, 7) is 10.9. The fourth-order valence-corrected chi connectivity index (χ4v) is 1.70. The number of furan rings is 1. The van der Waals surface area contributed by atoms with Gasteiger partial charge in [0, 0.05) is 12.6 Å². The maximum Gasteiger partial charge on any atom is 0.407 e. The SMILES string of the molecule is CC(C)C(CNC(=O)OC(C)(C)C)NCc1ccco1. The summed E-state index contributed by atoms with van der Waals surface area (Å²) in [7, 11) is 0. The standard InChI is InChI=1S/C15H26N2O3/c1-11(2)13(16-9-12-7-6-8-19-12)10-17-14(18)20-15(3,4)5/h6-8,11,13,16H,9-10H2,1-5H3,(H,17,18). The second kappa shape index (κ2) is 7.33. The van der Waals surface area contributed by atoms with Crippen molar-refractivity contribution in [3.05, 3.63) is 24.2 Å². The predicted octanol–water partition coefficient (Wildman–Crippen LogP) is 2.92. The van der Waals surface area contributed by atoms with Gasteiger partial charge < -0.3 is 19.8 Å². The van der Waals surface area contributed by atoms with E-state index in [-0.39, 0.29) is 12.1 Å². The minimum Gasteiger partial charge on any atom is -0.468 e. The minimum absolute atomic E-state index is 0.160. The number of amides is 1. The average Bonchev–Trinajstić information content (AvgIpc) is 2.78. The molecular formula is C15H26N2O3. The molecule has 0 fully saturated rings. The van der Waals surface area contributed by atoms with Gasteiger partial charge in [-0.15, -0.1) is 0 Å². The summed E-state index contributed by atoms with van der Waals surface area (Å²) in [5.74, 6) is 1.27. The van der Waals surface area contributed by atoms with Crippen molar-refractivity contribution in [3.63, 3.8) is 0 Å². The van der Waals surface area contributed by atoms with Crippen molar-refractivity contribution in [2.45, 2.75) is 52.8 Å². The van der Waals surface area contributed by atoms with Crippen LogP contribution in [-0.2, 0) is 11.3 Å². The smallest absolute Gasteiger partial charge is 0.407 e. The van der Waals surface area contributed by atoms with Gasteiger partial charge in [-0.1, -0.05) is 13.8 Å². The van der Waals surface area contributed by atoms with Crippen LogP contribution in [0.1, 0.15) is 40.4 Å². The zero-order valence-corrected chi connectivity index (χ0v) is 13.0. The van der Waals surface area contributed by atoms with Crippen molar-refractivity contribution >= 4 is 6.09 Å². The molecule has 20 heavy (non-hydrogen) atoms. The molecule has 1 rings (SSSR count). The molecule has 0 spiro atoms. The lowest BCUT2D eigenvalue weighted by molar-refractivity contribution is 0.0519. The molecule has 1 aromatic rings. The van der Waals surface area contributed by atoms with Gasteiger partial charge in [0.1, 0.15) is 11.4 Å². The average molecular weight is 282 g/mol. The molecule has 0 aromatic carbocycles. The van der Waals surface area contributed by atoms with Gasteiger partial charge in [-0.2, -0.15) is 0 Å². The Morgan fingerprint density at radius 3 is 2.60 bits per heavy atom.